The van der Waals surface area contributed by atoms with Crippen molar-refractivity contribution in [2.45, 2.75) is 19.9 Å². The Bertz CT molecular complexity index is 1210. The molecule has 3 heterocycles. The van der Waals surface area contributed by atoms with Gasteiger partial charge in [-0.1, -0.05) is 25.1 Å². The molecule has 1 aromatic carbocycles. The summed E-state index contributed by atoms with van der Waals surface area (Å²) in [7, 11) is 1.70. The molecule has 0 amide bonds. The molecule has 3 aromatic heterocycles. The van der Waals surface area contributed by atoms with Crippen LogP contribution in [-0.2, 0) is 13.6 Å². The predicted molar refractivity (Wildman–Crippen MR) is 99.1 cm³/mol. The molecular weight excluding hydrogens is 332 g/mol. The summed E-state index contributed by atoms with van der Waals surface area (Å²) in [6, 6.07) is 7.33. The molecule has 4 aromatic rings. The second-order valence-corrected chi connectivity index (χ2v) is 6.28. The molecule has 7 heteroatoms. The number of rotatable bonds is 4. The molecule has 0 atom stereocenters. The molecule has 0 aliphatic heterocycles. The van der Waals surface area contributed by atoms with E-state index in [2.05, 4.69) is 12.0 Å². The van der Waals surface area contributed by atoms with Crippen LogP contribution < -0.4 is 5.56 Å². The van der Waals surface area contributed by atoms with Gasteiger partial charge >= 0.3 is 5.97 Å². The van der Waals surface area contributed by atoms with Crippen molar-refractivity contribution in [1.82, 2.24) is 18.9 Å². The van der Waals surface area contributed by atoms with E-state index in [0.29, 0.717) is 22.1 Å². The van der Waals surface area contributed by atoms with Gasteiger partial charge in [-0.2, -0.15) is 5.10 Å². The standard InChI is InChI=1S/C19H18N4O3/c1-3-8-22-10-12(9-20-22)23-11-14(19(25)26)16-13-6-4-5-7-15(13)21(2)18(24)17(16)23/h4-7,9-11H,3,8H2,1-2H3,(H,25,26). The second kappa shape index (κ2) is 5.87. The maximum atomic E-state index is 13.0. The Hall–Kier alpha value is -3.35. The quantitative estimate of drug-likeness (QED) is 0.613. The number of aryl methyl sites for hydroxylation is 2. The van der Waals surface area contributed by atoms with Crippen LogP contribution in [0.25, 0.3) is 27.5 Å². The van der Waals surface area contributed by atoms with Crippen LogP contribution in [0.3, 0.4) is 0 Å². The minimum absolute atomic E-state index is 0.108. The van der Waals surface area contributed by atoms with Gasteiger partial charge in [0.15, 0.2) is 0 Å². The van der Waals surface area contributed by atoms with E-state index in [0.717, 1.165) is 18.4 Å². The van der Waals surface area contributed by atoms with Crippen LogP contribution >= 0.6 is 0 Å². The maximum Gasteiger partial charge on any atom is 0.337 e. The molecule has 0 radical (unpaired) electrons. The van der Waals surface area contributed by atoms with E-state index in [1.807, 2.05) is 30.5 Å². The summed E-state index contributed by atoms with van der Waals surface area (Å²) < 4.78 is 4.97. The number of hydrogen-bond acceptors (Lipinski definition) is 3. The minimum Gasteiger partial charge on any atom is -0.478 e. The van der Waals surface area contributed by atoms with Crippen molar-refractivity contribution in [3.05, 3.63) is 58.8 Å². The summed E-state index contributed by atoms with van der Waals surface area (Å²) in [5, 5.41) is 15.2. The van der Waals surface area contributed by atoms with Crippen molar-refractivity contribution >= 4 is 27.8 Å². The minimum atomic E-state index is -1.06. The Labute approximate surface area is 148 Å². The van der Waals surface area contributed by atoms with Crippen molar-refractivity contribution in [2.75, 3.05) is 0 Å². The van der Waals surface area contributed by atoms with E-state index in [1.165, 1.54) is 6.20 Å². The number of carbonyl (C=O) groups is 1. The molecule has 4 rings (SSSR count). The molecule has 0 bridgehead atoms. The van der Waals surface area contributed by atoms with Gasteiger partial charge in [0.05, 0.1) is 23.0 Å². The Balaban J connectivity index is 2.15. The van der Waals surface area contributed by atoms with Crippen LogP contribution in [0, 0.1) is 0 Å². The number of aromatic nitrogens is 4. The van der Waals surface area contributed by atoms with Crippen LogP contribution in [0.15, 0.2) is 47.7 Å². The number of carboxylic acids is 1. The SMILES string of the molecule is CCCn1cc(-n2cc(C(=O)O)c3c4ccccc4n(C)c(=O)c32)cn1. The van der Waals surface area contributed by atoms with E-state index in [-0.39, 0.29) is 11.1 Å². The molecule has 7 nitrogen and oxygen atoms in total. The van der Waals surface area contributed by atoms with Crippen LogP contribution in [0.1, 0.15) is 23.7 Å². The topological polar surface area (TPSA) is 82.0 Å². The Morgan fingerprint density at radius 2 is 2.00 bits per heavy atom. The third-order valence-electron chi connectivity index (χ3n) is 4.63. The van der Waals surface area contributed by atoms with E-state index < -0.39 is 5.97 Å². The maximum absolute atomic E-state index is 13.0. The largest absolute Gasteiger partial charge is 0.478 e. The smallest absolute Gasteiger partial charge is 0.337 e. The zero-order valence-electron chi connectivity index (χ0n) is 14.5. The first-order valence-electron chi connectivity index (χ1n) is 8.41. The van der Waals surface area contributed by atoms with Gasteiger partial charge < -0.3 is 14.2 Å². The van der Waals surface area contributed by atoms with Gasteiger partial charge in [0, 0.05) is 36.8 Å². The van der Waals surface area contributed by atoms with Crippen LogP contribution in [0.2, 0.25) is 0 Å². The van der Waals surface area contributed by atoms with E-state index >= 15 is 0 Å². The molecule has 26 heavy (non-hydrogen) atoms. The molecule has 0 saturated carbocycles. The van der Waals surface area contributed by atoms with Gasteiger partial charge in [-0.25, -0.2) is 4.79 Å². The van der Waals surface area contributed by atoms with E-state index in [4.69, 9.17) is 0 Å². The lowest BCUT2D eigenvalue weighted by Gasteiger charge is -2.08. The van der Waals surface area contributed by atoms with Crippen molar-refractivity contribution < 1.29 is 9.90 Å². The highest BCUT2D eigenvalue weighted by atomic mass is 16.4. The second-order valence-electron chi connectivity index (χ2n) is 6.28. The highest BCUT2D eigenvalue weighted by molar-refractivity contribution is 6.15. The summed E-state index contributed by atoms with van der Waals surface area (Å²) in [4.78, 5) is 24.9. The fraction of sp³-hybridized carbons (Fsp3) is 0.211. The Kier molecular flexibility index (Phi) is 3.64. The van der Waals surface area contributed by atoms with Crippen molar-refractivity contribution in [2.24, 2.45) is 7.05 Å². The first-order chi connectivity index (χ1) is 12.5. The summed E-state index contributed by atoms with van der Waals surface area (Å²) in [6.07, 6.45) is 5.91. The van der Waals surface area contributed by atoms with E-state index in [1.54, 1.807) is 27.1 Å². The van der Waals surface area contributed by atoms with Gasteiger partial charge in [0.25, 0.3) is 5.56 Å². The number of benzene rings is 1. The normalized spacial score (nSPS) is 11.5. The number of fused-ring (bicyclic) bond motifs is 3. The van der Waals surface area contributed by atoms with Crippen molar-refractivity contribution in [3.8, 4) is 5.69 Å². The van der Waals surface area contributed by atoms with Gasteiger partial charge in [-0.05, 0) is 12.5 Å². The monoisotopic (exact) mass is 350 g/mol. The fourth-order valence-corrected chi connectivity index (χ4v) is 3.43. The van der Waals surface area contributed by atoms with Crippen LogP contribution in [-0.4, -0.2) is 30.0 Å². The summed E-state index contributed by atoms with van der Waals surface area (Å²) in [5.41, 5.74) is 1.58. The van der Waals surface area contributed by atoms with E-state index in [9.17, 15) is 14.7 Å². The lowest BCUT2D eigenvalue weighted by Crippen LogP contribution is -2.19. The number of carboxylic acid groups (broad SMARTS) is 1. The molecule has 0 fully saturated rings. The summed E-state index contributed by atoms with van der Waals surface area (Å²) in [5.74, 6) is -1.06. The van der Waals surface area contributed by atoms with Gasteiger partial charge in [0.1, 0.15) is 5.52 Å². The van der Waals surface area contributed by atoms with Crippen molar-refractivity contribution in [3.63, 3.8) is 0 Å². The molecule has 132 valence electrons. The zero-order valence-corrected chi connectivity index (χ0v) is 14.5. The number of aromatic carboxylic acids is 1. The van der Waals surface area contributed by atoms with Crippen LogP contribution in [0.4, 0.5) is 0 Å². The highest BCUT2D eigenvalue weighted by Gasteiger charge is 2.22. The average molecular weight is 350 g/mol. The Morgan fingerprint density at radius 3 is 2.73 bits per heavy atom. The lowest BCUT2D eigenvalue weighted by atomic mass is 10.1. The first-order valence-corrected chi connectivity index (χ1v) is 8.41. The molecular formula is C19H18N4O3. The fourth-order valence-electron chi connectivity index (χ4n) is 3.43. The summed E-state index contributed by atoms with van der Waals surface area (Å²) in [6.45, 7) is 2.81. The van der Waals surface area contributed by atoms with Gasteiger partial charge in [-0.15, -0.1) is 0 Å². The number of nitrogens with zero attached hydrogens (tertiary/aromatic N) is 4. The average Bonchev–Trinajstić information content (AvgIpc) is 3.24. The molecule has 0 saturated heterocycles. The lowest BCUT2D eigenvalue weighted by molar-refractivity contribution is 0.0699. The third kappa shape index (κ3) is 2.24. The zero-order chi connectivity index (χ0) is 18.4. The van der Waals surface area contributed by atoms with Crippen molar-refractivity contribution in [1.29, 1.82) is 0 Å². The molecule has 0 spiro atoms. The third-order valence-corrected chi connectivity index (χ3v) is 4.63. The highest BCUT2D eigenvalue weighted by Crippen LogP contribution is 2.29. The van der Waals surface area contributed by atoms with Crippen LogP contribution in [0.5, 0.6) is 0 Å². The number of para-hydroxylation sites is 1. The molecule has 0 aliphatic carbocycles. The number of pyridine rings is 1. The number of hydrogen-bond donors (Lipinski definition) is 1. The predicted octanol–water partition coefficient (Wildman–Crippen LogP) is 2.79. The summed E-state index contributed by atoms with van der Waals surface area (Å²) >= 11 is 0. The first kappa shape index (κ1) is 16.1. The Morgan fingerprint density at radius 1 is 1.23 bits per heavy atom. The van der Waals surface area contributed by atoms with Gasteiger partial charge in [-0.3, -0.25) is 9.48 Å². The molecule has 0 aliphatic rings. The molecule has 0 unspecified atom stereocenters. The van der Waals surface area contributed by atoms with Gasteiger partial charge in [0.2, 0.25) is 0 Å². The molecule has 1 N–H and O–H groups in total.